The predicted octanol–water partition coefficient (Wildman–Crippen LogP) is 8.15. The maximum absolute atomic E-state index is 14.0. The molecular formula is C41H53N5O3S. The van der Waals surface area contributed by atoms with Crippen LogP contribution in [0.3, 0.4) is 0 Å². The number of hydrogen-bond acceptors (Lipinski definition) is 6. The van der Waals surface area contributed by atoms with Crippen molar-refractivity contribution in [3.8, 4) is 0 Å². The van der Waals surface area contributed by atoms with Crippen LogP contribution < -0.4 is 25.8 Å². The largest absolute Gasteiger partial charge is 0.378 e. The van der Waals surface area contributed by atoms with Gasteiger partial charge in [0.2, 0.25) is 17.7 Å². The summed E-state index contributed by atoms with van der Waals surface area (Å²) < 4.78 is 0. The summed E-state index contributed by atoms with van der Waals surface area (Å²) in [6, 6.07) is 25.2. The van der Waals surface area contributed by atoms with E-state index in [1.165, 1.54) is 0 Å². The Labute approximate surface area is 302 Å². The van der Waals surface area contributed by atoms with Gasteiger partial charge in [0.25, 0.3) is 0 Å². The van der Waals surface area contributed by atoms with Crippen molar-refractivity contribution in [1.82, 2.24) is 10.6 Å². The zero-order valence-corrected chi connectivity index (χ0v) is 30.9. The van der Waals surface area contributed by atoms with E-state index in [0.29, 0.717) is 19.4 Å². The average Bonchev–Trinajstić information content (AvgIpc) is 3.14. The molecule has 3 N–H and O–H groups in total. The van der Waals surface area contributed by atoms with Crippen molar-refractivity contribution in [2.45, 2.75) is 120 Å². The van der Waals surface area contributed by atoms with Crippen molar-refractivity contribution in [2.24, 2.45) is 0 Å². The number of benzene rings is 3. The minimum Gasteiger partial charge on any atom is -0.378 e. The molecule has 0 aromatic heterocycles. The summed E-state index contributed by atoms with van der Waals surface area (Å²) >= 11 is 1.74. The fourth-order valence-electron chi connectivity index (χ4n) is 8.28. The summed E-state index contributed by atoms with van der Waals surface area (Å²) in [6.07, 6.45) is 7.44. The Morgan fingerprint density at radius 2 is 1.28 bits per heavy atom. The lowest BCUT2D eigenvalue weighted by atomic mass is 9.78. The molecule has 3 aromatic carbocycles. The maximum Gasteiger partial charge on any atom is 0.240 e. The summed E-state index contributed by atoms with van der Waals surface area (Å²) in [5.41, 5.74) is 4.67. The zero-order chi connectivity index (χ0) is 35.3. The Kier molecular flexibility index (Phi) is 11.5. The maximum atomic E-state index is 14.0. The molecule has 2 aliphatic heterocycles. The van der Waals surface area contributed by atoms with Gasteiger partial charge in [-0.3, -0.25) is 19.7 Å². The molecule has 3 aliphatic rings. The molecule has 1 fully saturated rings. The van der Waals surface area contributed by atoms with Gasteiger partial charge in [0.15, 0.2) is 0 Å². The Morgan fingerprint density at radius 1 is 0.740 bits per heavy atom. The SMILES string of the molecule is CCC(=O)N1c2ccccc2[C@H](Nc2ccc(SCCNC(=O)C3(N[C@@H]4C[C@H](C)N(C(=O)CC)c5ccccc54)CCCCC3)cc2)C[C@@H]1C. The fraction of sp³-hybridized carbons (Fsp3) is 0.488. The van der Waals surface area contributed by atoms with Gasteiger partial charge in [-0.05, 0) is 87.1 Å². The number of fused-ring (bicyclic) bond motifs is 2. The van der Waals surface area contributed by atoms with Crippen molar-refractivity contribution < 1.29 is 14.4 Å². The highest BCUT2D eigenvalue weighted by molar-refractivity contribution is 7.99. The number of nitrogens with one attached hydrogen (secondary N) is 3. The summed E-state index contributed by atoms with van der Waals surface area (Å²) in [5, 5.41) is 10.9. The number of amides is 3. The third kappa shape index (κ3) is 7.59. The second-order valence-electron chi connectivity index (χ2n) is 14.2. The highest BCUT2D eigenvalue weighted by Gasteiger charge is 2.43. The van der Waals surface area contributed by atoms with E-state index in [-0.39, 0.29) is 41.9 Å². The van der Waals surface area contributed by atoms with E-state index in [9.17, 15) is 14.4 Å². The Hall–Kier alpha value is -3.82. The second kappa shape index (κ2) is 16.0. The fourth-order valence-corrected chi connectivity index (χ4v) is 9.04. The molecule has 0 radical (unpaired) electrons. The molecule has 6 rings (SSSR count). The van der Waals surface area contributed by atoms with Crippen LogP contribution in [0.15, 0.2) is 77.7 Å². The monoisotopic (exact) mass is 695 g/mol. The lowest BCUT2D eigenvalue weighted by Crippen LogP contribution is -2.60. The minimum absolute atomic E-state index is 0.00975. The molecule has 8 nitrogen and oxygen atoms in total. The third-order valence-electron chi connectivity index (χ3n) is 10.8. The number of hydrogen-bond donors (Lipinski definition) is 3. The third-order valence-corrected chi connectivity index (χ3v) is 11.8. The van der Waals surface area contributed by atoms with Gasteiger partial charge in [-0.15, -0.1) is 11.8 Å². The van der Waals surface area contributed by atoms with E-state index < -0.39 is 5.54 Å². The lowest BCUT2D eigenvalue weighted by Gasteiger charge is -2.45. The molecule has 0 unspecified atom stereocenters. The van der Waals surface area contributed by atoms with Gasteiger partial charge < -0.3 is 20.4 Å². The van der Waals surface area contributed by atoms with Gasteiger partial charge in [-0.25, -0.2) is 0 Å². The van der Waals surface area contributed by atoms with Crippen LogP contribution in [0.2, 0.25) is 0 Å². The number of para-hydroxylation sites is 2. The number of thioether (sulfide) groups is 1. The first-order valence-corrected chi connectivity index (χ1v) is 19.6. The molecule has 0 bridgehead atoms. The minimum atomic E-state index is -0.610. The predicted molar refractivity (Wildman–Crippen MR) is 205 cm³/mol. The van der Waals surface area contributed by atoms with Crippen molar-refractivity contribution >= 4 is 46.5 Å². The van der Waals surface area contributed by atoms with Crippen LogP contribution in [0, 0.1) is 0 Å². The number of nitrogens with zero attached hydrogens (tertiary/aromatic N) is 2. The second-order valence-corrected chi connectivity index (χ2v) is 15.4. The summed E-state index contributed by atoms with van der Waals surface area (Å²) in [6.45, 7) is 8.67. The molecule has 50 heavy (non-hydrogen) atoms. The Morgan fingerprint density at radius 3 is 1.86 bits per heavy atom. The molecule has 1 aliphatic carbocycles. The van der Waals surface area contributed by atoms with E-state index in [4.69, 9.17) is 0 Å². The normalized spacial score (nSPS) is 22.6. The van der Waals surface area contributed by atoms with E-state index in [2.05, 4.69) is 72.3 Å². The standard InChI is InChI=1S/C41H53N5O3S/c1-5-38(47)45-28(3)26-34(32-14-8-10-16-36(32)45)43-30-18-20-31(21-19-30)50-25-24-42-40(49)41(22-12-7-13-23-41)44-35-27-29(4)46(39(48)6-2)37-17-11-9-15-33(35)37/h8-11,14-21,28-29,34-35,43-44H,5-7,12-13,22-27H2,1-4H3,(H,42,49)/t28-,29-,34+,35+/m0/s1. The van der Waals surface area contributed by atoms with Crippen LogP contribution in [0.5, 0.6) is 0 Å². The molecule has 9 heteroatoms. The number of rotatable bonds is 11. The number of carbonyl (C=O) groups is 3. The first-order valence-electron chi connectivity index (χ1n) is 18.6. The topological polar surface area (TPSA) is 93.8 Å². The van der Waals surface area contributed by atoms with E-state index in [1.54, 1.807) is 11.8 Å². The molecule has 4 atom stereocenters. The molecule has 3 aromatic rings. The summed E-state index contributed by atoms with van der Waals surface area (Å²) in [5.74, 6) is 1.17. The quantitative estimate of drug-likeness (QED) is 0.139. The lowest BCUT2D eigenvalue weighted by molar-refractivity contribution is -0.129. The van der Waals surface area contributed by atoms with Crippen molar-refractivity contribution in [3.05, 3.63) is 83.9 Å². The summed E-state index contributed by atoms with van der Waals surface area (Å²) in [7, 11) is 0. The highest BCUT2D eigenvalue weighted by Crippen LogP contribution is 2.41. The Balaban J connectivity index is 1.05. The van der Waals surface area contributed by atoms with Gasteiger partial charge in [0.05, 0.1) is 11.6 Å². The smallest absolute Gasteiger partial charge is 0.240 e. The van der Waals surface area contributed by atoms with Crippen molar-refractivity contribution in [3.63, 3.8) is 0 Å². The molecular weight excluding hydrogens is 643 g/mol. The van der Waals surface area contributed by atoms with Gasteiger partial charge in [0, 0.05) is 65.2 Å². The zero-order valence-electron chi connectivity index (χ0n) is 30.0. The molecule has 1 saturated carbocycles. The highest BCUT2D eigenvalue weighted by atomic mass is 32.2. The molecule has 266 valence electrons. The van der Waals surface area contributed by atoms with Crippen LogP contribution in [0.25, 0.3) is 0 Å². The van der Waals surface area contributed by atoms with Gasteiger partial charge in [-0.1, -0.05) is 69.5 Å². The van der Waals surface area contributed by atoms with Crippen LogP contribution in [0.1, 0.15) is 109 Å². The van der Waals surface area contributed by atoms with Crippen LogP contribution in [-0.4, -0.2) is 47.6 Å². The number of carbonyl (C=O) groups excluding carboxylic acids is 3. The number of anilines is 3. The van der Waals surface area contributed by atoms with E-state index in [0.717, 1.165) is 83.8 Å². The van der Waals surface area contributed by atoms with Crippen LogP contribution in [0.4, 0.5) is 17.1 Å². The molecule has 2 heterocycles. The summed E-state index contributed by atoms with van der Waals surface area (Å²) in [4.78, 5) is 44.6. The van der Waals surface area contributed by atoms with Crippen LogP contribution in [-0.2, 0) is 14.4 Å². The van der Waals surface area contributed by atoms with Gasteiger partial charge in [0.1, 0.15) is 0 Å². The first-order chi connectivity index (χ1) is 24.2. The van der Waals surface area contributed by atoms with E-state index >= 15 is 0 Å². The van der Waals surface area contributed by atoms with Crippen LogP contribution >= 0.6 is 11.8 Å². The van der Waals surface area contributed by atoms with E-state index in [1.807, 2.05) is 54.0 Å². The molecule has 0 spiro atoms. The first kappa shape index (κ1) is 36.0. The average molecular weight is 696 g/mol. The molecule has 3 amide bonds. The van der Waals surface area contributed by atoms with Gasteiger partial charge >= 0.3 is 0 Å². The van der Waals surface area contributed by atoms with Crippen molar-refractivity contribution in [2.75, 3.05) is 27.4 Å². The Bertz CT molecular complexity index is 1660. The van der Waals surface area contributed by atoms with Crippen molar-refractivity contribution in [1.29, 1.82) is 0 Å². The molecule has 0 saturated heterocycles. The van der Waals surface area contributed by atoms with Gasteiger partial charge in [-0.2, -0.15) is 0 Å².